The first-order valence-electron chi connectivity index (χ1n) is 17.8. The lowest BCUT2D eigenvalue weighted by Crippen LogP contribution is -2.37. The van der Waals surface area contributed by atoms with Crippen molar-refractivity contribution in [2.24, 2.45) is 11.8 Å². The number of hydrogen-bond donors (Lipinski definition) is 2. The van der Waals surface area contributed by atoms with Crippen LogP contribution >= 0.6 is 8.58 Å². The van der Waals surface area contributed by atoms with Gasteiger partial charge in [-0.15, -0.1) is 5.10 Å². The lowest BCUT2D eigenvalue weighted by molar-refractivity contribution is -0.121. The van der Waals surface area contributed by atoms with Crippen LogP contribution in [0, 0.1) is 11.8 Å². The van der Waals surface area contributed by atoms with Gasteiger partial charge in [0.05, 0.1) is 36.9 Å². The molecule has 1 rings (SSSR count). The van der Waals surface area contributed by atoms with E-state index in [1.807, 2.05) is 31.6 Å². The zero-order chi connectivity index (χ0) is 35.3. The van der Waals surface area contributed by atoms with Gasteiger partial charge in [-0.3, -0.25) is 19.1 Å². The van der Waals surface area contributed by atoms with E-state index >= 15 is 0 Å². The summed E-state index contributed by atoms with van der Waals surface area (Å²) >= 11 is 0. The molecule has 0 fully saturated rings. The fourth-order valence-corrected chi connectivity index (χ4v) is 5.34. The number of carbonyl (C=O) groups is 3. The first-order chi connectivity index (χ1) is 22.4. The maximum atomic E-state index is 12.1. The summed E-state index contributed by atoms with van der Waals surface area (Å²) in [6.45, 7) is 20.6. The number of aromatic nitrogens is 3. The van der Waals surface area contributed by atoms with Crippen molar-refractivity contribution in [3.63, 3.8) is 0 Å². The first-order valence-corrected chi connectivity index (χ1v) is 19.2. The number of hydrogen-bond acceptors (Lipinski definition) is 8. The van der Waals surface area contributed by atoms with Gasteiger partial charge in [-0.25, -0.2) is 0 Å². The van der Waals surface area contributed by atoms with Gasteiger partial charge >= 0.3 is 0 Å². The van der Waals surface area contributed by atoms with Crippen molar-refractivity contribution in [3.05, 3.63) is 11.9 Å². The molecule has 11 nitrogen and oxygen atoms in total. The molecule has 1 heterocycles. The van der Waals surface area contributed by atoms with Gasteiger partial charge in [0.15, 0.2) is 0 Å². The number of ketones is 1. The molecule has 1 atom stereocenters. The fourth-order valence-electron chi connectivity index (χ4n) is 4.29. The molecule has 0 aliphatic rings. The number of aryl methyl sites for hydroxylation is 2. The van der Waals surface area contributed by atoms with E-state index in [0.29, 0.717) is 90.9 Å². The van der Waals surface area contributed by atoms with Crippen molar-refractivity contribution in [1.29, 1.82) is 0 Å². The number of unbranched alkanes of at least 4 members (excludes halogenated alkanes) is 3. The molecule has 0 aliphatic carbocycles. The van der Waals surface area contributed by atoms with Crippen LogP contribution in [0.2, 0.25) is 0 Å². The van der Waals surface area contributed by atoms with Crippen LogP contribution < -0.4 is 10.6 Å². The lowest BCUT2D eigenvalue weighted by Gasteiger charge is -2.25. The highest BCUT2D eigenvalue weighted by Gasteiger charge is 2.18. The maximum Gasteiger partial charge on any atom is 0.220 e. The van der Waals surface area contributed by atoms with Crippen molar-refractivity contribution >= 4 is 26.7 Å². The molecule has 1 aromatic heterocycles. The monoisotopic (exact) mass is 685 g/mol. The molecular weight excluding hydrogens is 617 g/mol. The summed E-state index contributed by atoms with van der Waals surface area (Å²) in [6.07, 6.45) is 13.1. The van der Waals surface area contributed by atoms with E-state index in [4.69, 9.17) is 14.2 Å². The highest BCUT2D eigenvalue weighted by molar-refractivity contribution is 7.39. The standard InChI is InChI=1S/C23H43N4O3P.C12H25NO3/c1-5-7-8-9-16-27-17-20(25-26-27)12-10-13-22(29)24-15-14-23(3,4)30-19-31-18-21(28)11-6-2;1-10(2)5-15-7-12(13-9-14)8-16-6-11(3)4/h17,31H,5-16,18-19H2,1-4H3,(H,24,29);9-12H,5-8H2,1-4H3,(H,13,14). The summed E-state index contributed by atoms with van der Waals surface area (Å²) in [5, 5.41) is 14.1. The molecule has 2 amide bonds. The van der Waals surface area contributed by atoms with E-state index in [9.17, 15) is 14.4 Å². The van der Waals surface area contributed by atoms with Crippen LogP contribution in [0.25, 0.3) is 0 Å². The molecule has 1 aromatic rings. The molecule has 0 bridgehead atoms. The Morgan fingerprint density at radius 2 is 1.64 bits per heavy atom. The van der Waals surface area contributed by atoms with Gasteiger partial charge in [0.1, 0.15) is 5.78 Å². The Morgan fingerprint density at radius 1 is 0.957 bits per heavy atom. The predicted octanol–water partition coefficient (Wildman–Crippen LogP) is 5.93. The molecule has 2 N–H and O–H groups in total. The second-order valence-electron chi connectivity index (χ2n) is 13.6. The van der Waals surface area contributed by atoms with Crippen LogP contribution in [-0.4, -0.2) is 90.2 Å². The quantitative estimate of drug-likeness (QED) is 0.0602. The van der Waals surface area contributed by atoms with Gasteiger partial charge in [0.2, 0.25) is 12.3 Å². The van der Waals surface area contributed by atoms with Crippen LogP contribution in [0.15, 0.2) is 6.20 Å². The molecule has 0 spiro atoms. The molecule has 12 heteroatoms. The number of nitrogens with one attached hydrogen (secondary N) is 2. The average molecular weight is 686 g/mol. The minimum atomic E-state index is -0.302. The van der Waals surface area contributed by atoms with Crippen LogP contribution in [0.3, 0.4) is 0 Å². The minimum Gasteiger partial charge on any atom is -0.379 e. The Hall–Kier alpha value is -1.94. The predicted molar refractivity (Wildman–Crippen MR) is 192 cm³/mol. The average Bonchev–Trinajstić information content (AvgIpc) is 3.45. The molecular formula is C35H68N5O6P. The number of amides is 2. The second-order valence-corrected chi connectivity index (χ2v) is 14.7. The third-order valence-corrected chi connectivity index (χ3v) is 7.97. The molecule has 0 saturated carbocycles. The van der Waals surface area contributed by atoms with Crippen molar-refractivity contribution in [2.75, 3.05) is 45.5 Å². The van der Waals surface area contributed by atoms with Gasteiger partial charge in [-0.1, -0.05) is 74.6 Å². The third-order valence-electron chi connectivity index (χ3n) is 6.97. The smallest absolute Gasteiger partial charge is 0.220 e. The molecule has 1 unspecified atom stereocenters. The van der Waals surface area contributed by atoms with E-state index in [1.54, 1.807) is 0 Å². The van der Waals surface area contributed by atoms with Gasteiger partial charge < -0.3 is 24.8 Å². The van der Waals surface area contributed by atoms with E-state index < -0.39 is 0 Å². The summed E-state index contributed by atoms with van der Waals surface area (Å²) < 4.78 is 18.8. The van der Waals surface area contributed by atoms with E-state index in [2.05, 4.69) is 55.6 Å². The number of carbonyl (C=O) groups excluding carboxylic acids is 3. The highest BCUT2D eigenvalue weighted by atomic mass is 31.1. The van der Waals surface area contributed by atoms with Crippen molar-refractivity contribution in [3.8, 4) is 0 Å². The van der Waals surface area contributed by atoms with Gasteiger partial charge in [0, 0.05) is 51.5 Å². The van der Waals surface area contributed by atoms with Gasteiger partial charge in [-0.05, 0) is 57.8 Å². The van der Waals surface area contributed by atoms with Crippen LogP contribution in [-0.2, 0) is 41.6 Å². The summed E-state index contributed by atoms with van der Waals surface area (Å²) in [5.74, 6) is 1.40. The van der Waals surface area contributed by atoms with Crippen molar-refractivity contribution in [2.45, 2.75) is 138 Å². The summed E-state index contributed by atoms with van der Waals surface area (Å²) in [4.78, 5) is 34.0. The number of nitrogens with zero attached hydrogens (tertiary/aromatic N) is 3. The molecule has 47 heavy (non-hydrogen) atoms. The Balaban J connectivity index is 0.00000111. The molecule has 0 radical (unpaired) electrons. The Kier molecular flexibility index (Phi) is 27.8. The van der Waals surface area contributed by atoms with Gasteiger partial charge in [0.25, 0.3) is 0 Å². The molecule has 0 aliphatic heterocycles. The third kappa shape index (κ3) is 28.8. The van der Waals surface area contributed by atoms with E-state index in [0.717, 1.165) is 44.3 Å². The second kappa shape index (κ2) is 29.0. The normalized spacial score (nSPS) is 11.8. The maximum absolute atomic E-state index is 12.1. The number of rotatable bonds is 29. The van der Waals surface area contributed by atoms with Crippen molar-refractivity contribution < 1.29 is 28.6 Å². The van der Waals surface area contributed by atoms with Crippen LogP contribution in [0.4, 0.5) is 0 Å². The summed E-state index contributed by atoms with van der Waals surface area (Å²) in [7, 11) is 0.512. The SMILES string of the molecule is CC(C)COCC(COCC(C)C)NC=O.CCCCCCn1cc(CCCC(=O)NCCC(C)(C)OCPCC(=O)CCC)nn1. The first kappa shape index (κ1) is 45.1. The fraction of sp³-hybridized carbons (Fsp3) is 0.857. The zero-order valence-electron chi connectivity index (χ0n) is 30.9. The molecule has 0 saturated heterocycles. The van der Waals surface area contributed by atoms with Crippen LogP contribution in [0.5, 0.6) is 0 Å². The topological polar surface area (TPSA) is 134 Å². The zero-order valence-corrected chi connectivity index (χ0v) is 31.9. The van der Waals surface area contributed by atoms with Crippen LogP contribution in [0.1, 0.15) is 119 Å². The highest BCUT2D eigenvalue weighted by Crippen LogP contribution is 2.20. The van der Waals surface area contributed by atoms with Gasteiger partial charge in [-0.2, -0.15) is 0 Å². The lowest BCUT2D eigenvalue weighted by atomic mass is 10.1. The Bertz CT molecular complexity index is 914. The van der Waals surface area contributed by atoms with E-state index in [1.165, 1.54) is 19.3 Å². The Morgan fingerprint density at radius 3 is 2.23 bits per heavy atom. The largest absolute Gasteiger partial charge is 0.379 e. The summed E-state index contributed by atoms with van der Waals surface area (Å²) in [6, 6.07) is -0.0463. The molecule has 0 aromatic carbocycles. The van der Waals surface area contributed by atoms with E-state index in [-0.39, 0.29) is 17.6 Å². The van der Waals surface area contributed by atoms with Crippen molar-refractivity contribution in [1.82, 2.24) is 25.6 Å². The summed E-state index contributed by atoms with van der Waals surface area (Å²) in [5.41, 5.74) is 0.653. The molecule has 274 valence electrons. The number of ether oxygens (including phenoxy) is 3. The number of Topliss-reactive ketones (excluding diaryl/α,β-unsaturated/α-hetero) is 1. The minimum absolute atomic E-state index is 0.0463. The Labute approximate surface area is 287 Å².